The number of aromatic hydroxyl groups is 1. The van der Waals surface area contributed by atoms with Gasteiger partial charge in [0.05, 0.1) is 6.07 Å². The number of aromatic amines is 1. The number of nitrogens with zero attached hydrogens (tertiary/aromatic N) is 1. The van der Waals surface area contributed by atoms with Gasteiger partial charge in [-0.15, -0.1) is 0 Å². The molecule has 13 heavy (non-hydrogen) atoms. The van der Waals surface area contributed by atoms with E-state index in [0.29, 0.717) is 5.82 Å². The van der Waals surface area contributed by atoms with Crippen LogP contribution in [0, 0.1) is 0 Å². The van der Waals surface area contributed by atoms with E-state index < -0.39 is 0 Å². The molecule has 0 aliphatic heterocycles. The fourth-order valence-corrected chi connectivity index (χ4v) is 1.62. The SMILES string of the molecule is O=c1cc(O)nc(-c2ccsc2)[nH]1. The molecule has 2 rings (SSSR count). The number of hydrogen-bond acceptors (Lipinski definition) is 4. The van der Waals surface area contributed by atoms with Crippen LogP contribution < -0.4 is 5.56 Å². The molecule has 4 nitrogen and oxygen atoms in total. The summed E-state index contributed by atoms with van der Waals surface area (Å²) in [5.41, 5.74) is 0.451. The highest BCUT2D eigenvalue weighted by Crippen LogP contribution is 2.17. The van der Waals surface area contributed by atoms with Crippen molar-refractivity contribution in [3.05, 3.63) is 33.2 Å². The quantitative estimate of drug-likeness (QED) is 0.717. The van der Waals surface area contributed by atoms with Crippen molar-refractivity contribution in [2.24, 2.45) is 0 Å². The van der Waals surface area contributed by atoms with Crippen molar-refractivity contribution >= 4 is 11.3 Å². The lowest BCUT2D eigenvalue weighted by molar-refractivity contribution is 0.452. The number of hydrogen-bond donors (Lipinski definition) is 2. The van der Waals surface area contributed by atoms with Gasteiger partial charge in [-0.3, -0.25) is 4.79 Å². The molecule has 0 unspecified atom stereocenters. The summed E-state index contributed by atoms with van der Waals surface area (Å²) in [7, 11) is 0. The molecular formula is C8H6N2O2S. The van der Waals surface area contributed by atoms with Crippen molar-refractivity contribution in [3.8, 4) is 17.3 Å². The summed E-state index contributed by atoms with van der Waals surface area (Å²) in [4.78, 5) is 17.3. The van der Waals surface area contributed by atoms with Gasteiger partial charge in [-0.2, -0.15) is 16.3 Å². The topological polar surface area (TPSA) is 66.0 Å². The van der Waals surface area contributed by atoms with E-state index in [4.69, 9.17) is 5.11 Å². The van der Waals surface area contributed by atoms with E-state index in [1.807, 2.05) is 16.8 Å². The second-order valence-electron chi connectivity index (χ2n) is 2.46. The molecular weight excluding hydrogens is 188 g/mol. The second-order valence-corrected chi connectivity index (χ2v) is 3.24. The zero-order valence-electron chi connectivity index (χ0n) is 6.52. The third-order valence-corrected chi connectivity index (χ3v) is 2.21. The molecule has 66 valence electrons. The maximum absolute atomic E-state index is 11.0. The van der Waals surface area contributed by atoms with E-state index in [1.54, 1.807) is 0 Å². The van der Waals surface area contributed by atoms with Gasteiger partial charge in [-0.1, -0.05) is 0 Å². The van der Waals surface area contributed by atoms with E-state index in [9.17, 15) is 4.79 Å². The second kappa shape index (κ2) is 3.02. The average molecular weight is 194 g/mol. The summed E-state index contributed by atoms with van der Waals surface area (Å²) in [5, 5.41) is 12.8. The highest BCUT2D eigenvalue weighted by Gasteiger charge is 2.02. The fraction of sp³-hybridized carbons (Fsp3) is 0. The van der Waals surface area contributed by atoms with Gasteiger partial charge in [0, 0.05) is 10.9 Å². The van der Waals surface area contributed by atoms with E-state index in [-0.39, 0.29) is 11.4 Å². The zero-order chi connectivity index (χ0) is 9.26. The Morgan fingerprint density at radius 2 is 2.38 bits per heavy atom. The highest BCUT2D eigenvalue weighted by molar-refractivity contribution is 7.08. The minimum Gasteiger partial charge on any atom is -0.493 e. The van der Waals surface area contributed by atoms with Crippen molar-refractivity contribution in [1.29, 1.82) is 0 Å². The average Bonchev–Trinajstić information content (AvgIpc) is 2.53. The number of aromatic nitrogens is 2. The third-order valence-electron chi connectivity index (χ3n) is 1.52. The van der Waals surface area contributed by atoms with Gasteiger partial charge in [0.1, 0.15) is 5.82 Å². The number of H-pyrrole nitrogens is 1. The van der Waals surface area contributed by atoms with E-state index in [2.05, 4.69) is 9.97 Å². The van der Waals surface area contributed by atoms with E-state index >= 15 is 0 Å². The first kappa shape index (κ1) is 8.00. The van der Waals surface area contributed by atoms with Crippen LogP contribution in [-0.2, 0) is 0 Å². The van der Waals surface area contributed by atoms with Crippen molar-refractivity contribution in [2.45, 2.75) is 0 Å². The number of nitrogens with one attached hydrogen (secondary N) is 1. The first-order valence-electron chi connectivity index (χ1n) is 3.58. The zero-order valence-corrected chi connectivity index (χ0v) is 7.34. The van der Waals surface area contributed by atoms with Gasteiger partial charge in [-0.05, 0) is 11.4 Å². The minimum atomic E-state index is -0.353. The van der Waals surface area contributed by atoms with Crippen LogP contribution >= 0.6 is 11.3 Å². The minimum absolute atomic E-state index is 0.259. The standard InChI is InChI=1S/C8H6N2O2S/c11-6-3-7(12)10-8(9-6)5-1-2-13-4-5/h1-4H,(H2,9,10,11,12). The van der Waals surface area contributed by atoms with Gasteiger partial charge in [0.15, 0.2) is 0 Å². The molecule has 0 saturated heterocycles. The first-order chi connectivity index (χ1) is 6.25. The van der Waals surface area contributed by atoms with Crippen LogP contribution in [0.4, 0.5) is 0 Å². The predicted octanol–water partition coefficient (Wildman–Crippen LogP) is 1.20. The molecule has 0 bridgehead atoms. The number of thiophene rings is 1. The Bertz CT molecular complexity index is 461. The summed E-state index contributed by atoms with van der Waals surface area (Å²) < 4.78 is 0. The van der Waals surface area contributed by atoms with Gasteiger partial charge >= 0.3 is 0 Å². The van der Waals surface area contributed by atoms with E-state index in [0.717, 1.165) is 11.6 Å². The van der Waals surface area contributed by atoms with Crippen LogP contribution in [-0.4, -0.2) is 15.1 Å². The largest absolute Gasteiger partial charge is 0.493 e. The monoisotopic (exact) mass is 194 g/mol. The molecule has 0 amide bonds. The molecule has 0 aromatic carbocycles. The normalized spacial score (nSPS) is 10.2. The molecule has 0 fully saturated rings. The Labute approximate surface area is 77.5 Å². The Balaban J connectivity index is 2.59. The predicted molar refractivity (Wildman–Crippen MR) is 49.8 cm³/mol. The molecule has 0 aliphatic rings. The molecule has 2 heterocycles. The molecule has 0 aliphatic carbocycles. The molecule has 5 heteroatoms. The van der Waals surface area contributed by atoms with Crippen LogP contribution in [0.25, 0.3) is 11.4 Å². The Morgan fingerprint density at radius 3 is 3.00 bits per heavy atom. The van der Waals surface area contributed by atoms with Crippen LogP contribution in [0.15, 0.2) is 27.7 Å². The highest BCUT2D eigenvalue weighted by atomic mass is 32.1. The van der Waals surface area contributed by atoms with Crippen LogP contribution in [0.5, 0.6) is 5.88 Å². The first-order valence-corrected chi connectivity index (χ1v) is 4.53. The molecule has 2 aromatic heterocycles. The van der Waals surface area contributed by atoms with Crippen LogP contribution in [0.1, 0.15) is 0 Å². The van der Waals surface area contributed by atoms with E-state index in [1.165, 1.54) is 11.3 Å². The van der Waals surface area contributed by atoms with Crippen molar-refractivity contribution < 1.29 is 5.11 Å². The van der Waals surface area contributed by atoms with Crippen LogP contribution in [0.3, 0.4) is 0 Å². The van der Waals surface area contributed by atoms with Gasteiger partial charge in [-0.25, -0.2) is 0 Å². The molecule has 2 N–H and O–H groups in total. The maximum Gasteiger partial charge on any atom is 0.254 e. The Morgan fingerprint density at radius 1 is 1.54 bits per heavy atom. The van der Waals surface area contributed by atoms with Crippen LogP contribution in [0.2, 0.25) is 0 Å². The van der Waals surface area contributed by atoms with Gasteiger partial charge in [0.2, 0.25) is 5.88 Å². The summed E-state index contributed by atoms with van der Waals surface area (Å²) >= 11 is 1.50. The third kappa shape index (κ3) is 1.59. The van der Waals surface area contributed by atoms with Gasteiger partial charge < -0.3 is 10.1 Å². The number of rotatable bonds is 1. The van der Waals surface area contributed by atoms with Crippen molar-refractivity contribution in [1.82, 2.24) is 9.97 Å². The molecule has 2 aromatic rings. The lowest BCUT2D eigenvalue weighted by Gasteiger charge is -1.96. The van der Waals surface area contributed by atoms with Crippen molar-refractivity contribution in [3.63, 3.8) is 0 Å². The lowest BCUT2D eigenvalue weighted by Crippen LogP contribution is -2.06. The Kier molecular flexibility index (Phi) is 1.86. The fourth-order valence-electron chi connectivity index (χ4n) is 0.981. The summed E-state index contributed by atoms with van der Waals surface area (Å²) in [6, 6.07) is 2.86. The molecule has 0 atom stereocenters. The summed E-state index contributed by atoms with van der Waals surface area (Å²) in [6.07, 6.45) is 0. The molecule has 0 radical (unpaired) electrons. The van der Waals surface area contributed by atoms with Crippen molar-refractivity contribution in [2.75, 3.05) is 0 Å². The molecule has 0 saturated carbocycles. The smallest absolute Gasteiger partial charge is 0.254 e. The Hall–Kier alpha value is -1.62. The molecule has 0 spiro atoms. The summed E-state index contributed by atoms with van der Waals surface area (Å²) in [6.45, 7) is 0. The van der Waals surface area contributed by atoms with Gasteiger partial charge in [0.25, 0.3) is 5.56 Å². The maximum atomic E-state index is 11.0. The summed E-state index contributed by atoms with van der Waals surface area (Å²) in [5.74, 6) is 0.135. The lowest BCUT2D eigenvalue weighted by atomic mass is 10.3.